The number of hydrogen-bond donors (Lipinski definition) is 1. The maximum Gasteiger partial charge on any atom is 0.329 e. The van der Waals surface area contributed by atoms with Crippen molar-refractivity contribution >= 4 is 51.5 Å². The summed E-state index contributed by atoms with van der Waals surface area (Å²) >= 11 is 3.08. The number of carbonyl (C=O) groups excluding carboxylic acids is 6. The van der Waals surface area contributed by atoms with E-state index in [1.54, 1.807) is 62.3 Å². The van der Waals surface area contributed by atoms with Crippen molar-refractivity contribution in [2.75, 3.05) is 20.6 Å². The van der Waals surface area contributed by atoms with E-state index in [0.717, 1.165) is 0 Å². The van der Waals surface area contributed by atoms with Crippen LogP contribution in [-0.4, -0.2) is 107 Å². The summed E-state index contributed by atoms with van der Waals surface area (Å²) in [7, 11) is 3.01. The first-order valence-electron chi connectivity index (χ1n) is 17.5. The maximum absolute atomic E-state index is 14.1. The quantitative estimate of drug-likeness (QED) is 0.236. The average molecular weight is 754 g/mol. The van der Waals surface area contributed by atoms with Crippen molar-refractivity contribution in [1.29, 1.82) is 0 Å². The molecule has 7 atom stereocenters. The summed E-state index contributed by atoms with van der Waals surface area (Å²) in [6.45, 7) is 16.2. The lowest BCUT2D eigenvalue weighted by molar-refractivity contribution is -0.172. The maximum atomic E-state index is 14.1. The number of ether oxygens (including phenoxy) is 2. The van der Waals surface area contributed by atoms with Crippen molar-refractivity contribution in [1.82, 2.24) is 20.0 Å². The Bertz CT molecular complexity index is 1280. The number of nitrogens with one attached hydrogen (secondary N) is 1. The Balaban J connectivity index is 2.71. The van der Waals surface area contributed by atoms with Gasteiger partial charge in [-0.3, -0.25) is 19.2 Å². The zero-order valence-electron chi connectivity index (χ0n) is 31.1. The van der Waals surface area contributed by atoms with Gasteiger partial charge in [0.1, 0.15) is 30.3 Å². The fourth-order valence-electron chi connectivity index (χ4n) is 6.64. The highest BCUT2D eigenvalue weighted by atomic mass is 79.9. The van der Waals surface area contributed by atoms with Gasteiger partial charge in [-0.15, -0.1) is 0 Å². The molecule has 1 N–H and O–H groups in total. The number of amides is 4. The summed E-state index contributed by atoms with van der Waals surface area (Å²) in [5.74, 6) is -2.83. The SMILES string of the molecule is CC(C)[C@@H]1OC(=O)[C@@H](C(C)C)N(C)C(=O)[C@@H](C(C)C)NC(=O)[C@@H](C)[C@H](CCCC#CBr)OC(=O)[C@H](C(C)C)N(C)C(=O)[C@@H]2CCCN2C1=O. The third-order valence-electron chi connectivity index (χ3n) is 9.52. The number of esters is 2. The Morgan fingerprint density at radius 3 is 1.86 bits per heavy atom. The summed E-state index contributed by atoms with van der Waals surface area (Å²) in [6.07, 6.45) is 0.177. The molecule has 2 rings (SSSR count). The Kier molecular flexibility index (Phi) is 16.1. The van der Waals surface area contributed by atoms with Crippen LogP contribution in [0.15, 0.2) is 0 Å². The van der Waals surface area contributed by atoms with E-state index in [2.05, 4.69) is 32.0 Å². The number of carbonyl (C=O) groups is 6. The highest BCUT2D eigenvalue weighted by Crippen LogP contribution is 2.27. The van der Waals surface area contributed by atoms with Crippen LogP contribution in [0.2, 0.25) is 0 Å². The average Bonchev–Trinajstić information content (AvgIpc) is 3.51. The van der Waals surface area contributed by atoms with Gasteiger partial charge in [-0.25, -0.2) is 9.59 Å². The molecule has 12 nitrogen and oxygen atoms in total. The molecule has 0 aliphatic carbocycles. The molecular formula is C36H57BrN4O8. The molecule has 0 unspecified atom stereocenters. The molecule has 0 aromatic heterocycles. The molecule has 0 spiro atoms. The van der Waals surface area contributed by atoms with Gasteiger partial charge < -0.3 is 29.5 Å². The van der Waals surface area contributed by atoms with E-state index in [-0.39, 0.29) is 18.4 Å². The third kappa shape index (κ3) is 10.4. The molecule has 2 heterocycles. The second-order valence-corrected chi connectivity index (χ2v) is 15.1. The first kappa shape index (κ1) is 42.0. The van der Waals surface area contributed by atoms with Crippen molar-refractivity contribution in [3.8, 4) is 10.8 Å². The number of unbranched alkanes of at least 4 members (excludes halogenated alkanes) is 1. The molecule has 0 saturated carbocycles. The molecule has 2 aliphatic rings. The monoisotopic (exact) mass is 752 g/mol. The topological polar surface area (TPSA) is 143 Å². The van der Waals surface area contributed by atoms with Gasteiger partial charge in [0.15, 0.2) is 6.10 Å². The lowest BCUT2D eigenvalue weighted by Crippen LogP contribution is -2.57. The van der Waals surface area contributed by atoms with Gasteiger partial charge in [0.05, 0.1) is 5.92 Å². The van der Waals surface area contributed by atoms with Crippen molar-refractivity contribution in [3.63, 3.8) is 0 Å². The van der Waals surface area contributed by atoms with Crippen LogP contribution in [0.1, 0.15) is 94.4 Å². The third-order valence-corrected chi connectivity index (χ3v) is 9.80. The Morgan fingerprint density at radius 2 is 1.35 bits per heavy atom. The van der Waals surface area contributed by atoms with E-state index < -0.39 is 89.7 Å². The van der Waals surface area contributed by atoms with Gasteiger partial charge in [0.25, 0.3) is 5.91 Å². The zero-order valence-corrected chi connectivity index (χ0v) is 32.7. The van der Waals surface area contributed by atoms with E-state index in [9.17, 15) is 28.8 Å². The number of halogens is 1. The van der Waals surface area contributed by atoms with Crippen LogP contribution in [-0.2, 0) is 38.2 Å². The van der Waals surface area contributed by atoms with Crippen molar-refractivity contribution in [2.45, 2.75) is 131 Å². The van der Waals surface area contributed by atoms with E-state index >= 15 is 0 Å². The standard InChI is InChI=1S/C36H57BrN4O8/c1-20(2)27-33(44)40(11)29(22(5)6)36(47)49-30(23(7)8)34(45)41-19-15-16-25(41)32(43)39(10)28(21(3)4)35(46)48-26(17-13-12-14-18-37)24(9)31(42)38-27/h20-30H,12-13,15-17,19H2,1-11H3,(H,38,42)/t24-,25-,26-,27+,28-,29+,30-/m0/s1. The second kappa shape index (κ2) is 18.7. The van der Waals surface area contributed by atoms with E-state index in [1.165, 1.54) is 28.8 Å². The zero-order chi connectivity index (χ0) is 37.3. The highest BCUT2D eigenvalue weighted by molar-refractivity contribution is 9.12. The van der Waals surface area contributed by atoms with E-state index in [1.807, 2.05) is 0 Å². The van der Waals surface area contributed by atoms with Crippen LogP contribution in [0.3, 0.4) is 0 Å². The lowest BCUT2D eigenvalue weighted by atomic mass is 9.95. The lowest BCUT2D eigenvalue weighted by Gasteiger charge is -2.36. The molecule has 0 aromatic rings. The van der Waals surface area contributed by atoms with Crippen molar-refractivity contribution in [3.05, 3.63) is 0 Å². The van der Waals surface area contributed by atoms with Crippen molar-refractivity contribution in [2.24, 2.45) is 29.6 Å². The first-order chi connectivity index (χ1) is 22.9. The smallest absolute Gasteiger partial charge is 0.329 e. The highest BCUT2D eigenvalue weighted by Gasteiger charge is 2.45. The van der Waals surface area contributed by atoms with E-state index in [4.69, 9.17) is 9.47 Å². The number of hydrogen-bond acceptors (Lipinski definition) is 8. The van der Waals surface area contributed by atoms with Gasteiger partial charge in [0.2, 0.25) is 17.7 Å². The Morgan fingerprint density at radius 1 is 0.796 bits per heavy atom. The molecule has 2 fully saturated rings. The number of cyclic esters (lactones) is 2. The first-order valence-corrected chi connectivity index (χ1v) is 18.3. The summed E-state index contributed by atoms with van der Waals surface area (Å²) in [4.78, 5) is 90.4. The van der Waals surface area contributed by atoms with Crippen LogP contribution >= 0.6 is 15.9 Å². The number of rotatable bonds is 7. The molecule has 2 saturated heterocycles. The summed E-state index contributed by atoms with van der Waals surface area (Å²) in [5.41, 5.74) is 0. The van der Waals surface area contributed by atoms with Gasteiger partial charge >= 0.3 is 11.9 Å². The molecule has 2 aliphatic heterocycles. The molecule has 49 heavy (non-hydrogen) atoms. The van der Waals surface area contributed by atoms with Crippen LogP contribution < -0.4 is 5.32 Å². The minimum absolute atomic E-state index is 0.285. The normalized spacial score (nSPS) is 28.6. The van der Waals surface area contributed by atoms with Gasteiger partial charge in [-0.2, -0.15) is 0 Å². The number of fused-ring (bicyclic) bond motifs is 1. The van der Waals surface area contributed by atoms with Gasteiger partial charge in [-0.1, -0.05) is 68.2 Å². The molecule has 0 bridgehead atoms. The summed E-state index contributed by atoms with van der Waals surface area (Å²) in [6, 6.07) is -3.94. The number of nitrogens with zero attached hydrogens (tertiary/aromatic N) is 3. The van der Waals surface area contributed by atoms with E-state index in [0.29, 0.717) is 32.1 Å². The van der Waals surface area contributed by atoms with Crippen LogP contribution in [0.25, 0.3) is 0 Å². The fraction of sp³-hybridized carbons (Fsp3) is 0.778. The molecule has 0 aromatic carbocycles. The Labute approximate surface area is 300 Å². The predicted molar refractivity (Wildman–Crippen MR) is 189 cm³/mol. The summed E-state index contributed by atoms with van der Waals surface area (Å²) in [5, 5.41) is 2.86. The minimum atomic E-state index is -1.21. The van der Waals surface area contributed by atoms with Crippen LogP contribution in [0.5, 0.6) is 0 Å². The minimum Gasteiger partial charge on any atom is -0.460 e. The molecule has 4 amide bonds. The molecule has 13 heteroatoms. The van der Waals surface area contributed by atoms with Crippen molar-refractivity contribution < 1.29 is 38.2 Å². The Hall–Kier alpha value is -3.14. The van der Waals surface area contributed by atoms with Crippen LogP contribution in [0.4, 0.5) is 0 Å². The number of likely N-dealkylation sites (N-methyl/N-ethyl adjacent to an activating group) is 2. The van der Waals surface area contributed by atoms with Crippen LogP contribution in [0, 0.1) is 40.3 Å². The summed E-state index contributed by atoms with van der Waals surface area (Å²) < 4.78 is 12.0. The van der Waals surface area contributed by atoms with Gasteiger partial charge in [0, 0.05) is 43.0 Å². The predicted octanol–water partition coefficient (Wildman–Crippen LogP) is 3.74. The second-order valence-electron chi connectivity index (χ2n) is 14.7. The fourth-order valence-corrected chi connectivity index (χ4v) is 6.83. The molecule has 276 valence electrons. The molecular weight excluding hydrogens is 696 g/mol. The molecule has 0 radical (unpaired) electrons. The van der Waals surface area contributed by atoms with Gasteiger partial charge in [-0.05, 0) is 54.2 Å². The largest absolute Gasteiger partial charge is 0.460 e.